The number of hydrogen-bond donors (Lipinski definition) is 1. The molecule has 1 aliphatic carbocycles. The lowest BCUT2D eigenvalue weighted by atomic mass is 9.88. The van der Waals surface area contributed by atoms with Crippen LogP contribution < -0.4 is 10.3 Å². The highest BCUT2D eigenvalue weighted by atomic mass is 16.5. The molecule has 1 aliphatic rings. The number of carboxylic acids is 1. The number of fused-ring (bicyclic) bond motifs is 1. The van der Waals surface area contributed by atoms with E-state index in [1.54, 1.807) is 30.5 Å². The molecule has 7 heteroatoms. The molecule has 1 saturated carbocycles. The van der Waals surface area contributed by atoms with Gasteiger partial charge in [0.15, 0.2) is 0 Å². The van der Waals surface area contributed by atoms with Crippen LogP contribution in [0.3, 0.4) is 0 Å². The Hall–Kier alpha value is -4.26. The molecule has 5 rings (SSSR count). The summed E-state index contributed by atoms with van der Waals surface area (Å²) in [6.45, 7) is 0.238. The van der Waals surface area contributed by atoms with Crippen molar-refractivity contribution >= 4 is 23.1 Å². The lowest BCUT2D eigenvalue weighted by Gasteiger charge is -2.22. The maximum atomic E-state index is 13.4. The zero-order chi connectivity index (χ0) is 24.9. The number of carboxylic acid groups (broad SMARTS) is 1. The van der Waals surface area contributed by atoms with Gasteiger partial charge in [-0.05, 0) is 60.4 Å². The molecule has 0 amide bonds. The van der Waals surface area contributed by atoms with Gasteiger partial charge in [-0.2, -0.15) is 9.78 Å². The van der Waals surface area contributed by atoms with Crippen LogP contribution in [0.4, 0.5) is 0 Å². The van der Waals surface area contributed by atoms with E-state index in [4.69, 9.17) is 9.72 Å². The molecule has 1 aromatic heterocycles. The highest BCUT2D eigenvalue weighted by Crippen LogP contribution is 2.31. The first-order valence-corrected chi connectivity index (χ1v) is 12.2. The molecule has 0 unspecified atom stereocenters. The number of carbonyl (C=O) groups is 1. The summed E-state index contributed by atoms with van der Waals surface area (Å²) in [5.74, 6) is 0.585. The van der Waals surface area contributed by atoms with Crippen molar-refractivity contribution in [2.24, 2.45) is 5.10 Å². The SMILES string of the molecule is O=C(O)c1cccc(COc2cccc(C=Nn3c(C4CCCCC4)nc4ccccc4c3=O)c2)c1. The third-order valence-corrected chi connectivity index (χ3v) is 6.51. The fourth-order valence-corrected chi connectivity index (χ4v) is 4.65. The average molecular weight is 482 g/mol. The van der Waals surface area contributed by atoms with Crippen molar-refractivity contribution in [3.05, 3.63) is 106 Å². The summed E-state index contributed by atoms with van der Waals surface area (Å²) in [6, 6.07) is 21.5. The normalized spacial score (nSPS) is 14.3. The number of aromatic nitrogens is 2. The van der Waals surface area contributed by atoms with Gasteiger partial charge in [-0.3, -0.25) is 4.79 Å². The number of ether oxygens (including phenoxy) is 1. The minimum Gasteiger partial charge on any atom is -0.489 e. The summed E-state index contributed by atoms with van der Waals surface area (Å²) >= 11 is 0. The third kappa shape index (κ3) is 5.20. The second-order valence-corrected chi connectivity index (χ2v) is 9.05. The van der Waals surface area contributed by atoms with Crippen molar-refractivity contribution in [1.29, 1.82) is 0 Å². The van der Waals surface area contributed by atoms with Gasteiger partial charge >= 0.3 is 5.97 Å². The van der Waals surface area contributed by atoms with Crippen LogP contribution in [0.1, 0.15) is 65.3 Å². The fraction of sp³-hybridized carbons (Fsp3) is 0.241. The zero-order valence-corrected chi connectivity index (χ0v) is 19.8. The van der Waals surface area contributed by atoms with Crippen LogP contribution in [0, 0.1) is 0 Å². The van der Waals surface area contributed by atoms with Gasteiger partial charge in [0.2, 0.25) is 0 Å². The Morgan fingerprint density at radius 2 is 1.83 bits per heavy atom. The van der Waals surface area contributed by atoms with Gasteiger partial charge in [0.1, 0.15) is 18.2 Å². The summed E-state index contributed by atoms with van der Waals surface area (Å²) in [7, 11) is 0. The number of benzene rings is 3. The van der Waals surface area contributed by atoms with E-state index in [0.717, 1.165) is 42.6 Å². The predicted octanol–water partition coefficient (Wildman–Crippen LogP) is 5.60. The third-order valence-electron chi connectivity index (χ3n) is 6.51. The topological polar surface area (TPSA) is 93.8 Å². The number of aromatic carboxylic acids is 1. The first-order chi connectivity index (χ1) is 17.6. The Balaban J connectivity index is 1.41. The first-order valence-electron chi connectivity index (χ1n) is 12.2. The van der Waals surface area contributed by atoms with Crippen LogP contribution in [0.25, 0.3) is 10.9 Å². The van der Waals surface area contributed by atoms with Crippen molar-refractivity contribution in [2.45, 2.75) is 44.6 Å². The summed E-state index contributed by atoms with van der Waals surface area (Å²) in [6.07, 6.45) is 7.14. The van der Waals surface area contributed by atoms with Crippen LogP contribution in [0.5, 0.6) is 5.75 Å². The smallest absolute Gasteiger partial charge is 0.335 e. The van der Waals surface area contributed by atoms with Crippen LogP contribution in [-0.2, 0) is 6.61 Å². The van der Waals surface area contributed by atoms with Gasteiger partial charge in [0.25, 0.3) is 5.56 Å². The van der Waals surface area contributed by atoms with Gasteiger partial charge in [-0.1, -0.05) is 55.7 Å². The maximum absolute atomic E-state index is 13.4. The molecular weight excluding hydrogens is 454 g/mol. The van der Waals surface area contributed by atoms with Gasteiger partial charge in [-0.25, -0.2) is 9.78 Å². The van der Waals surface area contributed by atoms with E-state index in [1.807, 2.05) is 48.5 Å². The highest BCUT2D eigenvalue weighted by molar-refractivity contribution is 5.87. The Morgan fingerprint density at radius 3 is 2.67 bits per heavy atom. The predicted molar refractivity (Wildman–Crippen MR) is 139 cm³/mol. The molecular formula is C29H27N3O4. The standard InChI is InChI=1S/C29H27N3O4/c33-28-25-14-4-5-15-26(25)31-27(22-10-2-1-3-11-22)32(28)30-18-20-8-7-13-24(17-20)36-19-21-9-6-12-23(16-21)29(34)35/h4-9,12-18,22H,1-3,10-11,19H2,(H,34,35). The van der Waals surface area contributed by atoms with E-state index >= 15 is 0 Å². The fourth-order valence-electron chi connectivity index (χ4n) is 4.65. The quantitative estimate of drug-likeness (QED) is 0.347. The maximum Gasteiger partial charge on any atom is 0.335 e. The van der Waals surface area contributed by atoms with Crippen molar-refractivity contribution < 1.29 is 14.6 Å². The number of nitrogens with zero attached hydrogens (tertiary/aromatic N) is 3. The monoisotopic (exact) mass is 481 g/mol. The summed E-state index contributed by atoms with van der Waals surface area (Å²) in [4.78, 5) is 29.4. The van der Waals surface area contributed by atoms with Crippen molar-refractivity contribution in [3.8, 4) is 5.75 Å². The largest absolute Gasteiger partial charge is 0.489 e. The molecule has 0 radical (unpaired) electrons. The van der Waals surface area contributed by atoms with E-state index in [9.17, 15) is 14.7 Å². The molecule has 0 saturated heterocycles. The highest BCUT2D eigenvalue weighted by Gasteiger charge is 2.22. The van der Waals surface area contributed by atoms with Crippen molar-refractivity contribution in [3.63, 3.8) is 0 Å². The van der Waals surface area contributed by atoms with Crippen LogP contribution in [0.2, 0.25) is 0 Å². The molecule has 1 N–H and O–H groups in total. The first kappa shape index (κ1) is 23.5. The molecule has 36 heavy (non-hydrogen) atoms. The molecule has 0 aliphatic heterocycles. The number of hydrogen-bond acceptors (Lipinski definition) is 5. The minimum absolute atomic E-state index is 0.164. The molecule has 4 aromatic rings. The molecule has 1 heterocycles. The minimum atomic E-state index is -0.971. The Kier molecular flexibility index (Phi) is 6.89. The second-order valence-electron chi connectivity index (χ2n) is 9.05. The van der Waals surface area contributed by atoms with E-state index in [0.29, 0.717) is 16.7 Å². The van der Waals surface area contributed by atoms with Gasteiger partial charge in [-0.15, -0.1) is 0 Å². The molecule has 7 nitrogen and oxygen atoms in total. The van der Waals surface area contributed by atoms with Crippen LogP contribution in [0.15, 0.2) is 82.7 Å². The second kappa shape index (κ2) is 10.6. The van der Waals surface area contributed by atoms with Crippen LogP contribution in [-0.4, -0.2) is 27.0 Å². The lowest BCUT2D eigenvalue weighted by Crippen LogP contribution is -2.25. The Labute approximate surface area is 208 Å². The molecule has 0 bridgehead atoms. The van der Waals surface area contributed by atoms with Crippen molar-refractivity contribution in [2.75, 3.05) is 0 Å². The zero-order valence-electron chi connectivity index (χ0n) is 19.8. The molecule has 1 fully saturated rings. The molecule has 182 valence electrons. The van der Waals surface area contributed by atoms with E-state index in [2.05, 4.69) is 5.10 Å². The van der Waals surface area contributed by atoms with Gasteiger partial charge < -0.3 is 9.84 Å². The number of rotatable bonds is 7. The van der Waals surface area contributed by atoms with Crippen LogP contribution >= 0.6 is 0 Å². The van der Waals surface area contributed by atoms with Gasteiger partial charge in [0, 0.05) is 5.92 Å². The molecule has 3 aromatic carbocycles. The molecule has 0 spiro atoms. The summed E-state index contributed by atoms with van der Waals surface area (Å²) in [5.41, 5.74) is 2.31. The number of para-hydroxylation sites is 1. The summed E-state index contributed by atoms with van der Waals surface area (Å²) in [5, 5.41) is 14.3. The summed E-state index contributed by atoms with van der Waals surface area (Å²) < 4.78 is 7.35. The van der Waals surface area contributed by atoms with Crippen molar-refractivity contribution in [1.82, 2.24) is 9.66 Å². The van der Waals surface area contributed by atoms with E-state index in [-0.39, 0.29) is 23.6 Å². The van der Waals surface area contributed by atoms with E-state index in [1.165, 1.54) is 11.1 Å². The molecule has 0 atom stereocenters. The Bertz CT molecular complexity index is 1490. The van der Waals surface area contributed by atoms with Gasteiger partial charge in [0.05, 0.1) is 22.7 Å². The van der Waals surface area contributed by atoms with E-state index < -0.39 is 5.97 Å². The Morgan fingerprint density at radius 1 is 1.03 bits per heavy atom. The average Bonchev–Trinajstić information content (AvgIpc) is 2.92. The lowest BCUT2D eigenvalue weighted by molar-refractivity contribution is 0.0696.